The predicted octanol–water partition coefficient (Wildman–Crippen LogP) is 15.3. The summed E-state index contributed by atoms with van der Waals surface area (Å²) in [5.41, 5.74) is 15.1. The Labute approximate surface area is 371 Å². The molecule has 13 rings (SSSR count). The summed E-state index contributed by atoms with van der Waals surface area (Å²) >= 11 is 0. The van der Waals surface area contributed by atoms with E-state index in [0.717, 1.165) is 80.3 Å². The van der Waals surface area contributed by atoms with E-state index < -0.39 is 0 Å². The zero-order valence-electron chi connectivity index (χ0n) is 38.8. The fourth-order valence-electron chi connectivity index (χ4n) is 15.3. The second kappa shape index (κ2) is 14.1. The predicted molar refractivity (Wildman–Crippen MR) is 256 cm³/mol. The summed E-state index contributed by atoms with van der Waals surface area (Å²) in [6.45, 7) is 18.1. The van der Waals surface area contributed by atoms with E-state index in [1.807, 2.05) is 0 Å². The first-order chi connectivity index (χ1) is 29.4. The molecule has 2 N–H and O–H groups in total. The molecule has 0 aliphatic heterocycles. The fourth-order valence-corrected chi connectivity index (χ4v) is 15.3. The first-order valence-electron chi connectivity index (χ1n) is 24.4. The molecule has 1 aromatic heterocycles. The number of phenols is 2. The molecule has 3 heteroatoms. The zero-order chi connectivity index (χ0) is 43.1. The van der Waals surface area contributed by atoms with Gasteiger partial charge in [0.2, 0.25) is 0 Å². The Balaban J connectivity index is 1.06. The van der Waals surface area contributed by atoms with Gasteiger partial charge in [-0.25, -0.2) is 4.98 Å². The summed E-state index contributed by atoms with van der Waals surface area (Å²) in [5, 5.41) is 25.2. The Morgan fingerprint density at radius 3 is 1.10 bits per heavy atom. The van der Waals surface area contributed by atoms with E-state index in [4.69, 9.17) is 4.98 Å². The monoisotopic (exact) mass is 824 g/mol. The van der Waals surface area contributed by atoms with Gasteiger partial charge in [-0.3, -0.25) is 0 Å². The van der Waals surface area contributed by atoms with Crippen LogP contribution in [0.15, 0.2) is 78.9 Å². The van der Waals surface area contributed by atoms with Gasteiger partial charge in [0.25, 0.3) is 0 Å². The van der Waals surface area contributed by atoms with Gasteiger partial charge < -0.3 is 10.2 Å². The summed E-state index contributed by atoms with van der Waals surface area (Å²) in [7, 11) is 0. The molecule has 8 aliphatic rings. The second-order valence-electron chi connectivity index (χ2n) is 24.2. The average Bonchev–Trinajstić information content (AvgIpc) is 3.20. The minimum Gasteiger partial charge on any atom is -0.507 e. The topological polar surface area (TPSA) is 53.4 Å². The molecule has 322 valence electrons. The molecule has 0 saturated heterocycles. The van der Waals surface area contributed by atoms with Gasteiger partial charge in [-0.1, -0.05) is 84.0 Å². The third-order valence-electron chi connectivity index (χ3n) is 17.4. The average molecular weight is 824 g/mol. The number of hydrogen-bond acceptors (Lipinski definition) is 3. The maximum absolute atomic E-state index is 12.6. The number of aromatic nitrogens is 1. The third kappa shape index (κ3) is 6.68. The zero-order valence-corrected chi connectivity index (χ0v) is 38.8. The van der Waals surface area contributed by atoms with E-state index in [1.165, 1.54) is 110 Å². The van der Waals surface area contributed by atoms with Crippen LogP contribution in [-0.4, -0.2) is 15.2 Å². The molecular formula is C59H69NO2. The van der Waals surface area contributed by atoms with Crippen LogP contribution in [0.5, 0.6) is 11.5 Å². The number of aromatic hydroxyl groups is 2. The van der Waals surface area contributed by atoms with Gasteiger partial charge in [-0.15, -0.1) is 0 Å². The Bertz CT molecular complexity index is 2370. The quantitative estimate of drug-likeness (QED) is 0.179. The molecule has 0 unspecified atom stereocenters. The molecule has 3 nitrogen and oxygen atoms in total. The van der Waals surface area contributed by atoms with Crippen LogP contribution < -0.4 is 0 Å². The van der Waals surface area contributed by atoms with Crippen LogP contribution in [0.1, 0.15) is 152 Å². The lowest BCUT2D eigenvalue weighted by Crippen LogP contribution is -2.48. The molecule has 0 atom stereocenters. The third-order valence-corrected chi connectivity index (χ3v) is 17.4. The highest BCUT2D eigenvalue weighted by atomic mass is 16.3. The van der Waals surface area contributed by atoms with E-state index in [-0.39, 0.29) is 21.7 Å². The fraction of sp³-hybridized carbons (Fsp3) is 0.508. The first kappa shape index (κ1) is 40.4. The first-order valence-corrected chi connectivity index (χ1v) is 24.4. The number of nitrogens with zero attached hydrogens (tertiary/aromatic N) is 1. The van der Waals surface area contributed by atoms with Gasteiger partial charge >= 0.3 is 0 Å². The lowest BCUT2D eigenvalue weighted by atomic mass is 9.48. The molecule has 8 fully saturated rings. The van der Waals surface area contributed by atoms with Crippen molar-refractivity contribution in [1.29, 1.82) is 0 Å². The molecule has 8 aliphatic carbocycles. The largest absolute Gasteiger partial charge is 0.507 e. The molecular weight excluding hydrogens is 755 g/mol. The Hall–Kier alpha value is -4.37. The Morgan fingerprint density at radius 2 is 0.774 bits per heavy atom. The molecule has 4 aromatic carbocycles. The van der Waals surface area contributed by atoms with Gasteiger partial charge in [0.15, 0.2) is 0 Å². The Kier molecular flexibility index (Phi) is 9.17. The van der Waals surface area contributed by atoms with E-state index in [0.29, 0.717) is 11.5 Å². The molecule has 62 heavy (non-hydrogen) atoms. The summed E-state index contributed by atoms with van der Waals surface area (Å²) < 4.78 is 0. The normalized spacial score (nSPS) is 29.7. The number of pyridine rings is 1. The maximum Gasteiger partial charge on any atom is 0.127 e. The van der Waals surface area contributed by atoms with E-state index in [1.54, 1.807) is 0 Å². The van der Waals surface area contributed by atoms with Crippen LogP contribution in [0.3, 0.4) is 0 Å². The van der Waals surface area contributed by atoms with Crippen molar-refractivity contribution >= 4 is 0 Å². The van der Waals surface area contributed by atoms with Gasteiger partial charge in [0.05, 0.1) is 11.4 Å². The minimum absolute atomic E-state index is 0.0742. The van der Waals surface area contributed by atoms with Gasteiger partial charge in [0.1, 0.15) is 11.5 Å². The van der Waals surface area contributed by atoms with Crippen molar-refractivity contribution < 1.29 is 10.2 Å². The van der Waals surface area contributed by atoms with E-state index >= 15 is 0 Å². The number of rotatable bonds is 6. The minimum atomic E-state index is -0.0742. The SMILES string of the molecule is Cc1cc(-c2ccc(C(C)(C)C)cc2-c2cccc(-c3cc(C(C)(C)C)ccc3-c3cc(C)cc(C45CC6CC(CC(C6)C4)C5)c3O)n2)c(O)c(C23CC4CC(CC(C4)C2)C3)c1. The van der Waals surface area contributed by atoms with Crippen molar-refractivity contribution in [2.75, 3.05) is 0 Å². The Morgan fingerprint density at radius 1 is 0.435 bits per heavy atom. The molecule has 1 heterocycles. The summed E-state index contributed by atoms with van der Waals surface area (Å²) in [6, 6.07) is 29.3. The molecule has 0 spiro atoms. The number of benzene rings is 4. The highest BCUT2D eigenvalue weighted by molar-refractivity contribution is 5.90. The molecule has 8 bridgehead atoms. The van der Waals surface area contributed by atoms with Gasteiger partial charge in [0, 0.05) is 33.4 Å². The second-order valence-corrected chi connectivity index (χ2v) is 24.2. The van der Waals surface area contributed by atoms with Gasteiger partial charge in [-0.2, -0.15) is 0 Å². The van der Waals surface area contributed by atoms with Crippen molar-refractivity contribution in [3.05, 3.63) is 112 Å². The smallest absolute Gasteiger partial charge is 0.127 e. The molecule has 5 aromatic rings. The summed E-state index contributed by atoms with van der Waals surface area (Å²) in [5.74, 6) is 5.73. The van der Waals surface area contributed by atoms with Crippen LogP contribution in [0.4, 0.5) is 0 Å². The maximum atomic E-state index is 12.6. The summed E-state index contributed by atoms with van der Waals surface area (Å²) in [4.78, 5) is 5.63. The van der Waals surface area contributed by atoms with Crippen molar-refractivity contribution in [1.82, 2.24) is 4.98 Å². The lowest BCUT2D eigenvalue weighted by Gasteiger charge is -2.57. The number of aryl methyl sites for hydroxylation is 2. The van der Waals surface area contributed by atoms with Crippen molar-refractivity contribution in [2.45, 2.75) is 154 Å². The van der Waals surface area contributed by atoms with Crippen LogP contribution in [0.2, 0.25) is 0 Å². The highest BCUT2D eigenvalue weighted by Gasteiger charge is 2.54. The van der Waals surface area contributed by atoms with Crippen molar-refractivity contribution in [3.8, 4) is 56.3 Å². The number of hydrogen-bond donors (Lipinski definition) is 2. The summed E-state index contributed by atoms with van der Waals surface area (Å²) in [6.07, 6.45) is 15.6. The van der Waals surface area contributed by atoms with E-state index in [9.17, 15) is 10.2 Å². The standard InChI is InChI=1S/C59H69NO2/c1-34-16-48(54(61)50(18-34)58-28-36-20-37(29-58)22-38(21-36)30-58)44-14-12-42(56(3,4)5)26-46(44)52-10-9-11-53(60-52)47-27-43(57(6,7)8)13-15-45(47)49-17-35(2)19-51(55(49)62)59-31-39-23-40(32-59)25-41(24-39)33-59/h9-19,26-27,36-41,61-62H,20-25,28-33H2,1-8H3. The van der Waals surface area contributed by atoms with E-state index in [2.05, 4.69) is 134 Å². The van der Waals surface area contributed by atoms with Crippen LogP contribution in [0.25, 0.3) is 44.8 Å². The van der Waals surface area contributed by atoms with Crippen molar-refractivity contribution in [3.63, 3.8) is 0 Å². The lowest BCUT2D eigenvalue weighted by molar-refractivity contribution is -0.00627. The van der Waals surface area contributed by atoms with Crippen molar-refractivity contribution in [2.24, 2.45) is 35.5 Å². The molecule has 0 amide bonds. The van der Waals surface area contributed by atoms with Crippen LogP contribution in [0, 0.1) is 49.4 Å². The van der Waals surface area contributed by atoms with Crippen LogP contribution in [-0.2, 0) is 21.7 Å². The number of phenolic OH excluding ortho intramolecular Hbond substituents is 2. The van der Waals surface area contributed by atoms with Gasteiger partial charge in [-0.05, 0) is 218 Å². The van der Waals surface area contributed by atoms with Crippen LogP contribution >= 0.6 is 0 Å². The molecule has 0 radical (unpaired) electrons. The molecule has 8 saturated carbocycles. The highest BCUT2D eigenvalue weighted by Crippen LogP contribution is 2.64.